The van der Waals surface area contributed by atoms with Crippen LogP contribution in [-0.2, 0) is 0 Å². The van der Waals surface area contributed by atoms with E-state index in [4.69, 9.17) is 14.9 Å². The Balaban J connectivity index is 2.36. The number of aliphatic hydroxyl groups excluding tert-OH is 1. The van der Waals surface area contributed by atoms with Crippen molar-refractivity contribution in [3.63, 3.8) is 0 Å². The van der Waals surface area contributed by atoms with E-state index in [-0.39, 0.29) is 12.2 Å². The maximum atomic E-state index is 10.6. The van der Waals surface area contributed by atoms with Crippen LogP contribution in [0.25, 0.3) is 0 Å². The Bertz CT molecular complexity index is 463. The number of hydrogen-bond acceptors (Lipinski definition) is 3. The van der Waals surface area contributed by atoms with Gasteiger partial charge in [0.2, 0.25) is 0 Å². The van der Waals surface area contributed by atoms with Gasteiger partial charge in [-0.05, 0) is 36.4 Å². The fraction of sp³-hybridized carbons (Fsp3) is 0.214. The lowest BCUT2D eigenvalue weighted by Gasteiger charge is -2.02. The van der Waals surface area contributed by atoms with Crippen LogP contribution in [-0.4, -0.2) is 29.4 Å². The highest BCUT2D eigenvalue weighted by molar-refractivity contribution is 5.87. The molecular weight excluding hydrogens is 232 g/mol. The Labute approximate surface area is 106 Å². The minimum Gasteiger partial charge on any atom is -0.490 e. The molecule has 0 unspecified atom stereocenters. The lowest BCUT2D eigenvalue weighted by Crippen LogP contribution is -1.97. The first-order chi connectivity index (χ1) is 8.74. The highest BCUT2D eigenvalue weighted by atomic mass is 16.5. The average Bonchev–Trinajstić information content (AvgIpc) is 2.38. The van der Waals surface area contributed by atoms with Gasteiger partial charge in [0.25, 0.3) is 0 Å². The van der Waals surface area contributed by atoms with Crippen molar-refractivity contribution in [3.8, 4) is 17.6 Å². The molecule has 1 aromatic carbocycles. The molecule has 0 fully saturated rings. The van der Waals surface area contributed by atoms with Gasteiger partial charge in [-0.2, -0.15) is 0 Å². The van der Waals surface area contributed by atoms with E-state index in [0.717, 1.165) is 0 Å². The minimum absolute atomic E-state index is 0.0628. The van der Waals surface area contributed by atoms with Gasteiger partial charge in [-0.1, -0.05) is 11.8 Å². The van der Waals surface area contributed by atoms with Crippen molar-refractivity contribution in [1.29, 1.82) is 0 Å². The number of carbonyl (C=O) groups is 1. The lowest BCUT2D eigenvalue weighted by atomic mass is 10.2. The number of rotatable bonds is 5. The summed E-state index contributed by atoms with van der Waals surface area (Å²) in [5.41, 5.74) is 0.229. The Hall–Kier alpha value is -2.25. The summed E-state index contributed by atoms with van der Waals surface area (Å²) in [7, 11) is 0. The molecule has 0 atom stereocenters. The fourth-order valence-corrected chi connectivity index (χ4v) is 1.13. The summed E-state index contributed by atoms with van der Waals surface area (Å²) in [6, 6.07) is 6.19. The van der Waals surface area contributed by atoms with Crippen molar-refractivity contribution in [3.05, 3.63) is 42.0 Å². The Kier molecular flexibility index (Phi) is 6.09. The smallest absolute Gasteiger partial charge is 0.335 e. The summed E-state index contributed by atoms with van der Waals surface area (Å²) < 4.78 is 5.35. The average molecular weight is 246 g/mol. The number of aliphatic hydroxyl groups is 1. The summed E-state index contributed by atoms with van der Waals surface area (Å²) in [5, 5.41) is 17.2. The summed E-state index contributed by atoms with van der Waals surface area (Å²) in [4.78, 5) is 10.6. The Morgan fingerprint density at radius 3 is 2.67 bits per heavy atom. The molecule has 0 heterocycles. The number of aromatic carboxylic acids is 1. The quantitative estimate of drug-likeness (QED) is 0.776. The molecule has 94 valence electrons. The highest BCUT2D eigenvalue weighted by Crippen LogP contribution is 2.11. The number of allylic oxidation sites excluding steroid dienone is 1. The normalized spacial score (nSPS) is 9.83. The van der Waals surface area contributed by atoms with Gasteiger partial charge >= 0.3 is 5.97 Å². The number of hydrogen-bond donors (Lipinski definition) is 2. The molecule has 1 rings (SSSR count). The van der Waals surface area contributed by atoms with E-state index in [1.165, 1.54) is 12.1 Å². The zero-order chi connectivity index (χ0) is 13.2. The second-order valence-electron chi connectivity index (χ2n) is 3.34. The molecule has 0 bridgehead atoms. The van der Waals surface area contributed by atoms with Gasteiger partial charge in [0.15, 0.2) is 0 Å². The molecule has 0 aliphatic carbocycles. The molecule has 0 aromatic heterocycles. The standard InChI is InChI=1S/C14H14O4/c15-10-4-2-1-3-5-11-18-13-8-6-12(7-9-13)14(16)17/h3,5-9,15H,4,10-11H2,(H,16,17). The largest absolute Gasteiger partial charge is 0.490 e. The van der Waals surface area contributed by atoms with Gasteiger partial charge in [0.1, 0.15) is 12.4 Å². The van der Waals surface area contributed by atoms with Gasteiger partial charge in [0, 0.05) is 6.42 Å². The monoisotopic (exact) mass is 246 g/mol. The van der Waals surface area contributed by atoms with Crippen molar-refractivity contribution < 1.29 is 19.7 Å². The van der Waals surface area contributed by atoms with E-state index in [1.807, 2.05) is 0 Å². The molecule has 2 N–H and O–H groups in total. The molecule has 0 aliphatic heterocycles. The minimum atomic E-state index is -0.958. The second kappa shape index (κ2) is 7.93. The van der Waals surface area contributed by atoms with Crippen LogP contribution in [0.3, 0.4) is 0 Å². The topological polar surface area (TPSA) is 66.8 Å². The van der Waals surface area contributed by atoms with Gasteiger partial charge in [-0.15, -0.1) is 0 Å². The summed E-state index contributed by atoms with van der Waals surface area (Å²) >= 11 is 0. The molecule has 0 aliphatic rings. The van der Waals surface area contributed by atoms with Crippen molar-refractivity contribution in [1.82, 2.24) is 0 Å². The van der Waals surface area contributed by atoms with Crippen LogP contribution in [0.2, 0.25) is 0 Å². The van der Waals surface area contributed by atoms with Crippen LogP contribution in [0.4, 0.5) is 0 Å². The van der Waals surface area contributed by atoms with Crippen molar-refractivity contribution in [2.45, 2.75) is 6.42 Å². The van der Waals surface area contributed by atoms with Crippen molar-refractivity contribution in [2.24, 2.45) is 0 Å². The summed E-state index contributed by atoms with van der Waals surface area (Å²) in [5.74, 6) is 5.14. The first-order valence-electron chi connectivity index (χ1n) is 5.44. The molecule has 4 nitrogen and oxygen atoms in total. The van der Waals surface area contributed by atoms with Crippen LogP contribution >= 0.6 is 0 Å². The number of carboxylic acid groups (broad SMARTS) is 1. The first kappa shape index (κ1) is 13.8. The Morgan fingerprint density at radius 2 is 2.06 bits per heavy atom. The molecule has 4 heteroatoms. The van der Waals surface area contributed by atoms with Crippen LogP contribution in [0.15, 0.2) is 36.4 Å². The fourth-order valence-electron chi connectivity index (χ4n) is 1.13. The molecule has 0 spiro atoms. The van der Waals surface area contributed by atoms with Crippen LogP contribution in [0, 0.1) is 11.8 Å². The highest BCUT2D eigenvalue weighted by Gasteiger charge is 2.01. The van der Waals surface area contributed by atoms with E-state index in [1.54, 1.807) is 24.3 Å². The van der Waals surface area contributed by atoms with Crippen LogP contribution in [0.5, 0.6) is 5.75 Å². The summed E-state index contributed by atoms with van der Waals surface area (Å²) in [6.07, 6.45) is 3.86. The van der Waals surface area contributed by atoms with Gasteiger partial charge in [0.05, 0.1) is 12.2 Å². The van der Waals surface area contributed by atoms with E-state index < -0.39 is 5.97 Å². The third-order valence-electron chi connectivity index (χ3n) is 1.99. The molecule has 0 amide bonds. The first-order valence-corrected chi connectivity index (χ1v) is 5.44. The van der Waals surface area contributed by atoms with Crippen molar-refractivity contribution in [2.75, 3.05) is 13.2 Å². The van der Waals surface area contributed by atoms with Gasteiger partial charge < -0.3 is 14.9 Å². The summed E-state index contributed by atoms with van der Waals surface area (Å²) in [6.45, 7) is 0.424. The molecule has 0 radical (unpaired) electrons. The van der Waals surface area contributed by atoms with Crippen LogP contribution < -0.4 is 4.74 Å². The van der Waals surface area contributed by atoms with E-state index in [0.29, 0.717) is 18.8 Å². The zero-order valence-electron chi connectivity index (χ0n) is 9.80. The van der Waals surface area contributed by atoms with E-state index >= 15 is 0 Å². The molecule has 0 saturated carbocycles. The van der Waals surface area contributed by atoms with Gasteiger partial charge in [-0.25, -0.2) is 4.79 Å². The third kappa shape index (κ3) is 5.19. The zero-order valence-corrected chi connectivity index (χ0v) is 9.80. The Morgan fingerprint density at radius 1 is 1.33 bits per heavy atom. The maximum absolute atomic E-state index is 10.6. The van der Waals surface area contributed by atoms with E-state index in [2.05, 4.69) is 11.8 Å². The number of ether oxygens (including phenoxy) is 1. The van der Waals surface area contributed by atoms with E-state index in [9.17, 15) is 4.79 Å². The number of carboxylic acids is 1. The predicted molar refractivity (Wildman–Crippen MR) is 67.5 cm³/mol. The molecule has 18 heavy (non-hydrogen) atoms. The SMILES string of the molecule is O=C(O)c1ccc(OCC=CC#CCCO)cc1. The number of benzene rings is 1. The molecule has 0 saturated heterocycles. The van der Waals surface area contributed by atoms with Crippen LogP contribution in [0.1, 0.15) is 16.8 Å². The lowest BCUT2D eigenvalue weighted by molar-refractivity contribution is 0.0697. The molecule has 1 aromatic rings. The predicted octanol–water partition coefficient (Wildman–Crippen LogP) is 1.71. The van der Waals surface area contributed by atoms with Gasteiger partial charge in [-0.3, -0.25) is 0 Å². The van der Waals surface area contributed by atoms with Crippen molar-refractivity contribution >= 4 is 5.97 Å². The molecular formula is C14H14O4. The maximum Gasteiger partial charge on any atom is 0.335 e. The second-order valence-corrected chi connectivity index (χ2v) is 3.34. The third-order valence-corrected chi connectivity index (χ3v) is 1.99.